The lowest BCUT2D eigenvalue weighted by Gasteiger charge is -2.01. The topological polar surface area (TPSA) is 26.3 Å². The van der Waals surface area contributed by atoms with E-state index in [0.29, 0.717) is 13.0 Å². The third-order valence-electron chi connectivity index (χ3n) is 1.93. The first-order valence-corrected chi connectivity index (χ1v) is 5.61. The normalized spacial score (nSPS) is 10.7. The Hall–Kier alpha value is -0.790. The molecule has 0 fully saturated rings. The van der Waals surface area contributed by atoms with Gasteiger partial charge in [-0.1, -0.05) is 38.8 Å². The minimum atomic E-state index is -0.0525. The van der Waals surface area contributed by atoms with Crippen molar-refractivity contribution < 1.29 is 9.53 Å². The van der Waals surface area contributed by atoms with Crippen LogP contribution in [0, 0.1) is 0 Å². The molecular weight excluding hydrogens is 176 g/mol. The number of esters is 1. The molecule has 0 heterocycles. The molecule has 0 saturated heterocycles. The van der Waals surface area contributed by atoms with Crippen LogP contribution in [0.5, 0.6) is 0 Å². The predicted molar refractivity (Wildman–Crippen MR) is 59.1 cm³/mol. The third kappa shape index (κ3) is 9.30. The summed E-state index contributed by atoms with van der Waals surface area (Å²) in [5.41, 5.74) is 0. The zero-order valence-corrected chi connectivity index (χ0v) is 9.42. The fourth-order valence-electron chi connectivity index (χ4n) is 1.12. The van der Waals surface area contributed by atoms with E-state index in [9.17, 15) is 4.79 Å². The summed E-state index contributed by atoms with van der Waals surface area (Å²) in [7, 11) is 0. The minimum absolute atomic E-state index is 0.0525. The number of allylic oxidation sites excluding steroid dienone is 1. The van der Waals surface area contributed by atoms with Gasteiger partial charge in [0.2, 0.25) is 0 Å². The fourth-order valence-corrected chi connectivity index (χ4v) is 1.12. The molecule has 0 saturated carbocycles. The average Bonchev–Trinajstić information content (AvgIpc) is 2.18. The van der Waals surface area contributed by atoms with Crippen molar-refractivity contribution >= 4 is 5.97 Å². The predicted octanol–water partition coefficient (Wildman–Crippen LogP) is 3.47. The largest absolute Gasteiger partial charge is 0.465 e. The highest BCUT2D eigenvalue weighted by Gasteiger charge is 2.00. The Morgan fingerprint density at radius 1 is 1.21 bits per heavy atom. The quantitative estimate of drug-likeness (QED) is 0.339. The lowest BCUT2D eigenvalue weighted by molar-refractivity contribution is -0.143. The van der Waals surface area contributed by atoms with E-state index in [2.05, 4.69) is 26.0 Å². The van der Waals surface area contributed by atoms with Gasteiger partial charge in [0.25, 0.3) is 0 Å². The number of unbranched alkanes of at least 4 members (excludes halogenated alkanes) is 2. The Kier molecular flexibility index (Phi) is 9.71. The zero-order valence-electron chi connectivity index (χ0n) is 9.42. The van der Waals surface area contributed by atoms with Crippen LogP contribution in [-0.2, 0) is 9.53 Å². The van der Waals surface area contributed by atoms with Crippen molar-refractivity contribution in [2.45, 2.75) is 52.4 Å². The average molecular weight is 198 g/mol. The molecule has 14 heavy (non-hydrogen) atoms. The van der Waals surface area contributed by atoms with Crippen LogP contribution in [0.25, 0.3) is 0 Å². The molecule has 2 nitrogen and oxygen atoms in total. The summed E-state index contributed by atoms with van der Waals surface area (Å²) in [5, 5.41) is 0. The van der Waals surface area contributed by atoms with Crippen molar-refractivity contribution in [3.05, 3.63) is 12.2 Å². The van der Waals surface area contributed by atoms with E-state index < -0.39 is 0 Å². The second-order valence-electron chi connectivity index (χ2n) is 3.35. The van der Waals surface area contributed by atoms with Gasteiger partial charge in [-0.15, -0.1) is 0 Å². The van der Waals surface area contributed by atoms with Crippen LogP contribution in [0.1, 0.15) is 52.4 Å². The van der Waals surface area contributed by atoms with Gasteiger partial charge >= 0.3 is 5.97 Å². The molecule has 0 amide bonds. The van der Waals surface area contributed by atoms with Gasteiger partial charge in [-0.25, -0.2) is 0 Å². The summed E-state index contributed by atoms with van der Waals surface area (Å²) in [6.45, 7) is 4.75. The van der Waals surface area contributed by atoms with Gasteiger partial charge in [-0.2, -0.15) is 0 Å². The lowest BCUT2D eigenvalue weighted by atomic mass is 10.2. The molecule has 0 spiro atoms. The monoisotopic (exact) mass is 198 g/mol. The maximum absolute atomic E-state index is 11.1. The molecule has 0 rings (SSSR count). The molecule has 0 N–H and O–H groups in total. The second kappa shape index (κ2) is 10.3. The van der Waals surface area contributed by atoms with E-state index in [1.54, 1.807) is 0 Å². The number of hydrogen-bond acceptors (Lipinski definition) is 2. The standard InChI is InChI=1S/C12H22O2/c1-3-5-7-9-11-14-12(13)10-8-6-4-2/h5,7H,3-4,6,8-11H2,1-2H3. The first-order chi connectivity index (χ1) is 6.81. The molecule has 0 aliphatic carbocycles. The van der Waals surface area contributed by atoms with Crippen molar-refractivity contribution in [2.75, 3.05) is 6.61 Å². The Morgan fingerprint density at radius 3 is 2.64 bits per heavy atom. The molecule has 0 bridgehead atoms. The molecule has 0 aliphatic heterocycles. The molecule has 0 aromatic carbocycles. The van der Waals surface area contributed by atoms with Gasteiger partial charge in [0.05, 0.1) is 6.61 Å². The van der Waals surface area contributed by atoms with Gasteiger partial charge < -0.3 is 4.74 Å². The maximum atomic E-state index is 11.1. The first-order valence-electron chi connectivity index (χ1n) is 5.61. The van der Waals surface area contributed by atoms with Crippen molar-refractivity contribution in [1.82, 2.24) is 0 Å². The molecular formula is C12H22O2. The minimum Gasteiger partial charge on any atom is -0.465 e. The highest BCUT2D eigenvalue weighted by Crippen LogP contribution is 2.00. The van der Waals surface area contributed by atoms with Gasteiger partial charge in [0.15, 0.2) is 0 Å². The van der Waals surface area contributed by atoms with Crippen molar-refractivity contribution in [1.29, 1.82) is 0 Å². The Balaban J connectivity index is 3.22. The van der Waals surface area contributed by atoms with Crippen LogP contribution in [0.3, 0.4) is 0 Å². The Bertz CT molecular complexity index is 162. The summed E-state index contributed by atoms with van der Waals surface area (Å²) in [4.78, 5) is 11.1. The number of carbonyl (C=O) groups excluding carboxylic acids is 1. The first kappa shape index (κ1) is 13.2. The van der Waals surface area contributed by atoms with Gasteiger partial charge in [0.1, 0.15) is 0 Å². The van der Waals surface area contributed by atoms with E-state index in [4.69, 9.17) is 4.74 Å². The van der Waals surface area contributed by atoms with Crippen molar-refractivity contribution in [3.63, 3.8) is 0 Å². The van der Waals surface area contributed by atoms with Crippen LogP contribution < -0.4 is 0 Å². The lowest BCUT2D eigenvalue weighted by Crippen LogP contribution is -2.04. The molecule has 2 heteroatoms. The zero-order chi connectivity index (χ0) is 10.6. The molecule has 82 valence electrons. The SMILES string of the molecule is CCC=CCCOC(=O)CCCCC. The van der Waals surface area contributed by atoms with E-state index in [-0.39, 0.29) is 5.97 Å². The smallest absolute Gasteiger partial charge is 0.305 e. The summed E-state index contributed by atoms with van der Waals surface area (Å²) in [6, 6.07) is 0. The highest BCUT2D eigenvalue weighted by molar-refractivity contribution is 5.69. The van der Waals surface area contributed by atoms with E-state index in [1.165, 1.54) is 0 Å². The summed E-state index contributed by atoms with van der Waals surface area (Å²) in [6.07, 6.45) is 9.82. The van der Waals surface area contributed by atoms with Crippen LogP contribution >= 0.6 is 0 Å². The van der Waals surface area contributed by atoms with Gasteiger partial charge in [-0.05, 0) is 19.3 Å². The van der Waals surface area contributed by atoms with E-state index in [1.807, 2.05) is 0 Å². The number of ether oxygens (including phenoxy) is 1. The van der Waals surface area contributed by atoms with E-state index >= 15 is 0 Å². The summed E-state index contributed by atoms with van der Waals surface area (Å²) < 4.78 is 5.04. The summed E-state index contributed by atoms with van der Waals surface area (Å²) >= 11 is 0. The molecule has 0 radical (unpaired) electrons. The van der Waals surface area contributed by atoms with Crippen LogP contribution in [0.15, 0.2) is 12.2 Å². The highest BCUT2D eigenvalue weighted by atomic mass is 16.5. The molecule has 0 unspecified atom stereocenters. The van der Waals surface area contributed by atoms with Crippen LogP contribution in [0.4, 0.5) is 0 Å². The fraction of sp³-hybridized carbons (Fsp3) is 0.750. The van der Waals surface area contributed by atoms with Gasteiger partial charge in [-0.3, -0.25) is 4.79 Å². The number of carbonyl (C=O) groups is 1. The molecule has 0 atom stereocenters. The second-order valence-corrected chi connectivity index (χ2v) is 3.35. The number of rotatable bonds is 8. The van der Waals surface area contributed by atoms with E-state index in [0.717, 1.165) is 32.1 Å². The van der Waals surface area contributed by atoms with Crippen molar-refractivity contribution in [2.24, 2.45) is 0 Å². The third-order valence-corrected chi connectivity index (χ3v) is 1.93. The summed E-state index contributed by atoms with van der Waals surface area (Å²) in [5.74, 6) is -0.0525. The van der Waals surface area contributed by atoms with Crippen LogP contribution in [0.2, 0.25) is 0 Å². The van der Waals surface area contributed by atoms with Crippen molar-refractivity contribution in [3.8, 4) is 0 Å². The van der Waals surface area contributed by atoms with Crippen LogP contribution in [-0.4, -0.2) is 12.6 Å². The Morgan fingerprint density at radius 2 is 2.00 bits per heavy atom. The molecule has 0 aromatic rings. The molecule has 0 aromatic heterocycles. The van der Waals surface area contributed by atoms with Gasteiger partial charge in [0, 0.05) is 6.42 Å². The molecule has 0 aliphatic rings. The Labute approximate surface area is 87.3 Å². The maximum Gasteiger partial charge on any atom is 0.305 e. The number of hydrogen-bond donors (Lipinski definition) is 0.